The smallest absolute Gasteiger partial charge is 0.255 e. The Kier molecular flexibility index (Phi) is 7.10. The third-order valence-electron chi connectivity index (χ3n) is 6.15. The van der Waals surface area contributed by atoms with Gasteiger partial charge in [0.1, 0.15) is 11.5 Å². The second-order valence-corrected chi connectivity index (χ2v) is 8.43. The predicted molar refractivity (Wildman–Crippen MR) is 129 cm³/mol. The number of methoxy groups -OCH3 is 1. The molecule has 0 bridgehead atoms. The number of carbonyl (C=O) groups excluding carboxylic acids is 1. The van der Waals surface area contributed by atoms with E-state index in [0.717, 1.165) is 41.7 Å². The highest BCUT2D eigenvalue weighted by molar-refractivity contribution is 5.98. The number of ether oxygens (including phenoxy) is 2. The molecule has 3 aromatic carbocycles. The highest BCUT2D eigenvalue weighted by atomic mass is 16.5. The lowest BCUT2D eigenvalue weighted by atomic mass is 9.97. The Labute approximate surface area is 190 Å². The molecule has 4 nitrogen and oxygen atoms in total. The first-order chi connectivity index (χ1) is 15.6. The van der Waals surface area contributed by atoms with Crippen LogP contribution in [0, 0.1) is 6.92 Å². The van der Waals surface area contributed by atoms with Crippen molar-refractivity contribution in [2.75, 3.05) is 13.7 Å². The van der Waals surface area contributed by atoms with Gasteiger partial charge in [0.05, 0.1) is 19.3 Å². The summed E-state index contributed by atoms with van der Waals surface area (Å²) in [4.78, 5) is 13.2. The maximum absolute atomic E-state index is 13.2. The van der Waals surface area contributed by atoms with Crippen LogP contribution >= 0.6 is 0 Å². The van der Waals surface area contributed by atoms with Gasteiger partial charge in [0.2, 0.25) is 0 Å². The molecule has 1 aliphatic carbocycles. The van der Waals surface area contributed by atoms with E-state index in [-0.39, 0.29) is 11.9 Å². The average molecular weight is 430 g/mol. The van der Waals surface area contributed by atoms with Crippen LogP contribution in [0.15, 0.2) is 66.7 Å². The topological polar surface area (TPSA) is 47.6 Å². The van der Waals surface area contributed by atoms with Crippen LogP contribution in [0.3, 0.4) is 0 Å². The molecule has 4 rings (SSSR count). The summed E-state index contributed by atoms with van der Waals surface area (Å²) >= 11 is 0. The number of benzene rings is 3. The number of amides is 1. The zero-order valence-corrected chi connectivity index (χ0v) is 18.9. The van der Waals surface area contributed by atoms with Gasteiger partial charge in [-0.25, -0.2) is 0 Å². The van der Waals surface area contributed by atoms with E-state index in [4.69, 9.17) is 9.47 Å². The lowest BCUT2D eigenvalue weighted by molar-refractivity contribution is 0.0934. The molecule has 0 aromatic heterocycles. The van der Waals surface area contributed by atoms with Crippen molar-refractivity contribution in [3.63, 3.8) is 0 Å². The fraction of sp³-hybridized carbons (Fsp3) is 0.321. The van der Waals surface area contributed by atoms with Crippen LogP contribution < -0.4 is 14.8 Å². The second kappa shape index (κ2) is 10.4. The van der Waals surface area contributed by atoms with E-state index >= 15 is 0 Å². The van der Waals surface area contributed by atoms with Gasteiger partial charge in [0, 0.05) is 12.5 Å². The highest BCUT2D eigenvalue weighted by Gasteiger charge is 2.21. The molecule has 166 valence electrons. The standard InChI is InChI=1S/C28H31NO3/c1-20-18-24(31-2)13-14-25(20)22-12-15-27(32-17-16-21-8-4-3-5-9-21)26(19-22)28(30)29-23-10-6-7-11-23/h3-5,8-9,12-15,18-19,23H,6-7,10-11,16-17H2,1-2H3,(H,29,30). The van der Waals surface area contributed by atoms with Crippen molar-refractivity contribution in [1.29, 1.82) is 0 Å². The van der Waals surface area contributed by atoms with E-state index in [1.54, 1.807) is 7.11 Å². The van der Waals surface area contributed by atoms with Crippen molar-refractivity contribution in [1.82, 2.24) is 5.32 Å². The molecule has 0 aliphatic heterocycles. The quantitative estimate of drug-likeness (QED) is 0.480. The third kappa shape index (κ3) is 5.31. The van der Waals surface area contributed by atoms with Gasteiger partial charge in [-0.1, -0.05) is 55.3 Å². The predicted octanol–water partition coefficient (Wildman–Crippen LogP) is 5.96. The molecule has 1 fully saturated rings. The largest absolute Gasteiger partial charge is 0.497 e. The number of aryl methyl sites for hydroxylation is 1. The molecule has 1 aliphatic rings. The highest BCUT2D eigenvalue weighted by Crippen LogP contribution is 2.31. The van der Waals surface area contributed by atoms with Gasteiger partial charge in [-0.2, -0.15) is 0 Å². The first kappa shape index (κ1) is 21.9. The molecule has 0 spiro atoms. The summed E-state index contributed by atoms with van der Waals surface area (Å²) < 4.78 is 11.4. The van der Waals surface area contributed by atoms with E-state index in [1.165, 1.54) is 18.4 Å². The zero-order valence-electron chi connectivity index (χ0n) is 18.9. The van der Waals surface area contributed by atoms with E-state index in [9.17, 15) is 4.79 Å². The van der Waals surface area contributed by atoms with Crippen LogP contribution in [0.2, 0.25) is 0 Å². The van der Waals surface area contributed by atoms with Gasteiger partial charge in [-0.15, -0.1) is 0 Å². The van der Waals surface area contributed by atoms with Gasteiger partial charge in [-0.3, -0.25) is 4.79 Å². The van der Waals surface area contributed by atoms with Gasteiger partial charge >= 0.3 is 0 Å². The van der Waals surface area contributed by atoms with E-state index in [2.05, 4.69) is 24.4 Å². The first-order valence-electron chi connectivity index (χ1n) is 11.4. The Morgan fingerprint density at radius 1 is 1.00 bits per heavy atom. The minimum Gasteiger partial charge on any atom is -0.497 e. The van der Waals surface area contributed by atoms with Gasteiger partial charge in [0.15, 0.2) is 0 Å². The lowest BCUT2D eigenvalue weighted by Crippen LogP contribution is -2.32. The Balaban J connectivity index is 1.58. The molecule has 32 heavy (non-hydrogen) atoms. The molecule has 4 heteroatoms. The van der Waals surface area contributed by atoms with Crippen molar-refractivity contribution in [2.24, 2.45) is 0 Å². The number of hydrogen-bond donors (Lipinski definition) is 1. The maximum Gasteiger partial charge on any atom is 0.255 e. The molecule has 1 saturated carbocycles. The van der Waals surface area contributed by atoms with Crippen LogP contribution in [0.5, 0.6) is 11.5 Å². The maximum atomic E-state index is 13.2. The minimum absolute atomic E-state index is 0.0559. The van der Waals surface area contributed by atoms with Gasteiger partial charge in [0.25, 0.3) is 5.91 Å². The molecule has 0 radical (unpaired) electrons. The monoisotopic (exact) mass is 429 g/mol. The summed E-state index contributed by atoms with van der Waals surface area (Å²) in [5.41, 5.74) is 4.99. The molecular formula is C28H31NO3. The number of carbonyl (C=O) groups is 1. The summed E-state index contributed by atoms with van der Waals surface area (Å²) in [6, 6.07) is 22.4. The summed E-state index contributed by atoms with van der Waals surface area (Å²) in [5, 5.41) is 3.22. The zero-order chi connectivity index (χ0) is 22.3. The number of nitrogens with one attached hydrogen (secondary N) is 1. The minimum atomic E-state index is -0.0559. The molecule has 0 heterocycles. The normalized spacial score (nSPS) is 13.7. The van der Waals surface area contributed by atoms with E-state index in [0.29, 0.717) is 17.9 Å². The molecular weight excluding hydrogens is 398 g/mol. The van der Waals surface area contributed by atoms with Crippen molar-refractivity contribution in [2.45, 2.75) is 45.1 Å². The molecule has 1 N–H and O–H groups in total. The van der Waals surface area contributed by atoms with Gasteiger partial charge < -0.3 is 14.8 Å². The second-order valence-electron chi connectivity index (χ2n) is 8.43. The van der Waals surface area contributed by atoms with Crippen LogP contribution in [-0.4, -0.2) is 25.7 Å². The average Bonchev–Trinajstić information content (AvgIpc) is 3.33. The van der Waals surface area contributed by atoms with Gasteiger partial charge in [-0.05, 0) is 66.3 Å². The van der Waals surface area contributed by atoms with Crippen LogP contribution in [0.4, 0.5) is 0 Å². The fourth-order valence-corrected chi connectivity index (χ4v) is 4.34. The summed E-state index contributed by atoms with van der Waals surface area (Å²) in [6.45, 7) is 2.58. The number of hydrogen-bond acceptors (Lipinski definition) is 3. The van der Waals surface area contributed by atoms with Crippen molar-refractivity contribution < 1.29 is 14.3 Å². The molecule has 0 saturated heterocycles. The van der Waals surface area contributed by atoms with E-state index in [1.807, 2.05) is 54.6 Å². The van der Waals surface area contributed by atoms with Crippen molar-refractivity contribution in [3.8, 4) is 22.6 Å². The number of rotatable bonds is 8. The fourth-order valence-electron chi connectivity index (χ4n) is 4.34. The summed E-state index contributed by atoms with van der Waals surface area (Å²) in [6.07, 6.45) is 5.25. The molecule has 1 amide bonds. The van der Waals surface area contributed by atoms with Crippen LogP contribution in [0.1, 0.15) is 47.2 Å². The van der Waals surface area contributed by atoms with Crippen molar-refractivity contribution in [3.05, 3.63) is 83.4 Å². The Morgan fingerprint density at radius 2 is 1.78 bits per heavy atom. The van der Waals surface area contributed by atoms with Crippen LogP contribution in [0.25, 0.3) is 11.1 Å². The first-order valence-corrected chi connectivity index (χ1v) is 11.4. The summed E-state index contributed by atoms with van der Waals surface area (Å²) in [7, 11) is 1.67. The summed E-state index contributed by atoms with van der Waals surface area (Å²) in [5.74, 6) is 1.40. The molecule has 0 atom stereocenters. The SMILES string of the molecule is COc1ccc(-c2ccc(OCCc3ccccc3)c(C(=O)NC3CCCC3)c2)c(C)c1. The lowest BCUT2D eigenvalue weighted by Gasteiger charge is -2.17. The van der Waals surface area contributed by atoms with Crippen LogP contribution in [-0.2, 0) is 6.42 Å². The molecule has 0 unspecified atom stereocenters. The molecule has 3 aromatic rings. The third-order valence-corrected chi connectivity index (χ3v) is 6.15. The Morgan fingerprint density at radius 3 is 2.50 bits per heavy atom. The van der Waals surface area contributed by atoms with Crippen molar-refractivity contribution >= 4 is 5.91 Å². The van der Waals surface area contributed by atoms with E-state index < -0.39 is 0 Å². The Bertz CT molecular complexity index is 1060. The Hall–Kier alpha value is -3.27.